The Kier molecular flexibility index (Phi) is 1.33. The molecule has 0 atom stereocenters. The highest BCUT2D eigenvalue weighted by atomic mass is 32.1. The maximum absolute atomic E-state index is 6.00. The Bertz CT molecular complexity index is 521. The van der Waals surface area contributed by atoms with E-state index in [2.05, 4.69) is 0 Å². The maximum Gasteiger partial charge on any atom is 0.160 e. The molecule has 0 bridgehead atoms. The van der Waals surface area contributed by atoms with Gasteiger partial charge in [-0.05, 0) is 17.5 Å². The lowest BCUT2D eigenvalue weighted by Gasteiger charge is -2.02. The number of benzene rings is 1. The largest absolute Gasteiger partial charge is 0.462 e. The molecule has 4 N–H and O–H groups in total. The maximum atomic E-state index is 6.00. The number of nitrogens with two attached hydrogens (primary N) is 2. The van der Waals surface area contributed by atoms with Gasteiger partial charge >= 0.3 is 0 Å². The van der Waals surface area contributed by atoms with E-state index in [-0.39, 0.29) is 0 Å². The molecular weight excluding hydrogens is 196 g/mol. The Hall–Kier alpha value is -1.68. The summed E-state index contributed by atoms with van der Waals surface area (Å²) in [6.07, 6.45) is 1.61. The van der Waals surface area contributed by atoms with E-state index < -0.39 is 0 Å². The second-order valence-corrected chi connectivity index (χ2v) is 4.07. The minimum Gasteiger partial charge on any atom is -0.462 e. The lowest BCUT2D eigenvalue weighted by atomic mass is 10.1. The number of fused-ring (bicyclic) bond motifs is 2. The van der Waals surface area contributed by atoms with E-state index in [4.69, 9.17) is 15.9 Å². The molecule has 2 aromatic heterocycles. The van der Waals surface area contributed by atoms with Gasteiger partial charge in [0.1, 0.15) is 0 Å². The molecule has 4 heteroatoms. The van der Waals surface area contributed by atoms with Gasteiger partial charge in [-0.25, -0.2) is 0 Å². The molecule has 3 aromatic rings. The van der Waals surface area contributed by atoms with E-state index in [1.807, 2.05) is 17.5 Å². The normalized spacial score (nSPS) is 11.4. The predicted molar refractivity (Wildman–Crippen MR) is 60.4 cm³/mol. The summed E-state index contributed by atoms with van der Waals surface area (Å²) in [5.74, 6) is 0. The Morgan fingerprint density at radius 2 is 1.93 bits per heavy atom. The van der Waals surface area contributed by atoms with Gasteiger partial charge in [-0.2, -0.15) is 0 Å². The van der Waals surface area contributed by atoms with Gasteiger partial charge in [0.15, 0.2) is 5.58 Å². The number of furan rings is 1. The average Bonchev–Trinajstić information content (AvgIpc) is 2.82. The van der Waals surface area contributed by atoms with Gasteiger partial charge in [0.25, 0.3) is 0 Å². The molecule has 0 spiro atoms. The SMILES string of the molecule is Nc1c2ccoc2c(N)c2sccc12. The summed E-state index contributed by atoms with van der Waals surface area (Å²) >= 11 is 1.58. The highest BCUT2D eigenvalue weighted by Gasteiger charge is 2.12. The van der Waals surface area contributed by atoms with Crippen molar-refractivity contribution in [2.75, 3.05) is 11.5 Å². The molecule has 1 aromatic carbocycles. The van der Waals surface area contributed by atoms with Gasteiger partial charge in [-0.3, -0.25) is 0 Å². The van der Waals surface area contributed by atoms with Crippen molar-refractivity contribution >= 4 is 43.8 Å². The van der Waals surface area contributed by atoms with Crippen molar-refractivity contribution in [2.45, 2.75) is 0 Å². The monoisotopic (exact) mass is 204 g/mol. The smallest absolute Gasteiger partial charge is 0.160 e. The summed E-state index contributed by atoms with van der Waals surface area (Å²) in [6.45, 7) is 0. The Labute approximate surface area is 83.9 Å². The van der Waals surface area contributed by atoms with Crippen molar-refractivity contribution in [3.8, 4) is 0 Å². The number of hydrogen-bond acceptors (Lipinski definition) is 4. The number of nitrogen functional groups attached to an aromatic ring is 2. The minimum absolute atomic E-state index is 0.684. The summed E-state index contributed by atoms with van der Waals surface area (Å²) in [6, 6.07) is 3.83. The third-order valence-electron chi connectivity index (χ3n) is 2.40. The number of anilines is 2. The van der Waals surface area contributed by atoms with Gasteiger partial charge in [0, 0.05) is 10.8 Å². The zero-order chi connectivity index (χ0) is 9.71. The number of rotatable bonds is 0. The van der Waals surface area contributed by atoms with Gasteiger partial charge in [0.2, 0.25) is 0 Å². The molecule has 0 aliphatic rings. The summed E-state index contributed by atoms with van der Waals surface area (Å²) in [5.41, 5.74) is 14.1. The van der Waals surface area contributed by atoms with Crippen LogP contribution in [0.5, 0.6) is 0 Å². The van der Waals surface area contributed by atoms with Crippen LogP contribution in [-0.4, -0.2) is 0 Å². The van der Waals surface area contributed by atoms with E-state index in [0.717, 1.165) is 21.2 Å². The predicted octanol–water partition coefficient (Wildman–Crippen LogP) is 2.81. The molecule has 0 aliphatic carbocycles. The van der Waals surface area contributed by atoms with Gasteiger partial charge < -0.3 is 15.9 Å². The van der Waals surface area contributed by atoms with Crippen LogP contribution in [0.1, 0.15) is 0 Å². The topological polar surface area (TPSA) is 65.2 Å². The van der Waals surface area contributed by atoms with Crippen LogP contribution in [0.15, 0.2) is 28.2 Å². The second kappa shape index (κ2) is 2.42. The quantitative estimate of drug-likeness (QED) is 0.437. The fourth-order valence-electron chi connectivity index (χ4n) is 1.71. The summed E-state index contributed by atoms with van der Waals surface area (Å²) < 4.78 is 6.31. The van der Waals surface area contributed by atoms with E-state index in [1.165, 1.54) is 0 Å². The Morgan fingerprint density at radius 3 is 2.79 bits per heavy atom. The molecule has 2 heterocycles. The van der Waals surface area contributed by atoms with Gasteiger partial charge in [-0.15, -0.1) is 11.3 Å². The average molecular weight is 204 g/mol. The lowest BCUT2D eigenvalue weighted by molar-refractivity contribution is 0.617. The molecule has 14 heavy (non-hydrogen) atoms. The molecule has 0 amide bonds. The van der Waals surface area contributed by atoms with Crippen molar-refractivity contribution in [3.63, 3.8) is 0 Å². The highest BCUT2D eigenvalue weighted by Crippen LogP contribution is 2.39. The Morgan fingerprint density at radius 1 is 1.07 bits per heavy atom. The minimum atomic E-state index is 0.684. The molecular formula is C10H8N2OS. The number of hydrogen-bond donors (Lipinski definition) is 2. The molecule has 0 saturated heterocycles. The molecule has 0 saturated carbocycles. The molecule has 0 aliphatic heterocycles. The summed E-state index contributed by atoms with van der Waals surface area (Å²) in [4.78, 5) is 0. The first-order chi connectivity index (χ1) is 6.79. The third-order valence-corrected chi connectivity index (χ3v) is 3.35. The molecule has 70 valence electrons. The van der Waals surface area contributed by atoms with Crippen molar-refractivity contribution in [2.24, 2.45) is 0 Å². The zero-order valence-electron chi connectivity index (χ0n) is 7.28. The van der Waals surface area contributed by atoms with Crippen LogP contribution in [0, 0.1) is 0 Å². The van der Waals surface area contributed by atoms with Crippen LogP contribution in [0.3, 0.4) is 0 Å². The van der Waals surface area contributed by atoms with Crippen LogP contribution in [0.25, 0.3) is 21.1 Å². The number of thiophene rings is 1. The zero-order valence-corrected chi connectivity index (χ0v) is 8.10. The molecule has 0 radical (unpaired) electrons. The van der Waals surface area contributed by atoms with Gasteiger partial charge in [0.05, 0.1) is 22.3 Å². The van der Waals surface area contributed by atoms with E-state index in [0.29, 0.717) is 11.3 Å². The van der Waals surface area contributed by atoms with E-state index in [1.54, 1.807) is 17.6 Å². The first-order valence-corrected chi connectivity index (χ1v) is 5.08. The van der Waals surface area contributed by atoms with Crippen LogP contribution in [0.2, 0.25) is 0 Å². The van der Waals surface area contributed by atoms with Crippen LogP contribution < -0.4 is 11.5 Å². The highest BCUT2D eigenvalue weighted by molar-refractivity contribution is 7.18. The van der Waals surface area contributed by atoms with Crippen molar-refractivity contribution in [1.82, 2.24) is 0 Å². The fraction of sp³-hybridized carbons (Fsp3) is 0. The lowest BCUT2D eigenvalue weighted by Crippen LogP contribution is -1.91. The first-order valence-electron chi connectivity index (χ1n) is 4.20. The third kappa shape index (κ3) is 0.761. The van der Waals surface area contributed by atoms with Gasteiger partial charge in [-0.1, -0.05) is 0 Å². The van der Waals surface area contributed by atoms with Crippen molar-refractivity contribution < 1.29 is 4.42 Å². The second-order valence-electron chi connectivity index (χ2n) is 3.15. The molecule has 3 rings (SSSR count). The fourth-order valence-corrected chi connectivity index (χ4v) is 2.57. The van der Waals surface area contributed by atoms with E-state index in [9.17, 15) is 0 Å². The summed E-state index contributed by atoms with van der Waals surface area (Å²) in [5, 5.41) is 3.89. The standard InChI is InChI=1S/C10H8N2OS/c11-7-5-1-3-13-9(5)8(12)10-6(7)2-4-14-10/h1-4H,11-12H2. The Balaban J connectivity index is 2.72. The molecule has 3 nitrogen and oxygen atoms in total. The van der Waals surface area contributed by atoms with Crippen LogP contribution in [-0.2, 0) is 0 Å². The summed E-state index contributed by atoms with van der Waals surface area (Å²) in [7, 11) is 0. The van der Waals surface area contributed by atoms with Crippen molar-refractivity contribution in [1.29, 1.82) is 0 Å². The first kappa shape index (κ1) is 7.70. The van der Waals surface area contributed by atoms with Crippen LogP contribution >= 0.6 is 11.3 Å². The molecule has 0 fully saturated rings. The van der Waals surface area contributed by atoms with E-state index >= 15 is 0 Å². The van der Waals surface area contributed by atoms with Crippen LogP contribution in [0.4, 0.5) is 11.4 Å². The molecule has 0 unspecified atom stereocenters. The van der Waals surface area contributed by atoms with Crippen molar-refractivity contribution in [3.05, 3.63) is 23.8 Å².